The van der Waals surface area contributed by atoms with E-state index in [1.165, 1.54) is 34.4 Å². The van der Waals surface area contributed by atoms with Gasteiger partial charge in [0.15, 0.2) is 14.1 Å². The molecule has 0 saturated carbocycles. The van der Waals surface area contributed by atoms with Gasteiger partial charge >= 0.3 is 0 Å². The quantitative estimate of drug-likeness (QED) is 0.362. The van der Waals surface area contributed by atoms with Gasteiger partial charge in [-0.1, -0.05) is 47.4 Å². The molecule has 0 bridgehead atoms. The van der Waals surface area contributed by atoms with E-state index in [9.17, 15) is 4.79 Å². The van der Waals surface area contributed by atoms with E-state index < -0.39 is 0 Å². The maximum atomic E-state index is 12.0. The molecule has 112 valence electrons. The zero-order valence-electron chi connectivity index (χ0n) is 11.7. The molecular formula is C15H12N2OS4. The largest absolute Gasteiger partial charge is 0.292 e. The van der Waals surface area contributed by atoms with Crippen LogP contribution < -0.4 is 0 Å². The number of thioether (sulfide) groups is 1. The smallest absolute Gasteiger partial charge is 0.184 e. The van der Waals surface area contributed by atoms with Gasteiger partial charge in [-0.15, -0.1) is 16.4 Å². The van der Waals surface area contributed by atoms with Crippen molar-refractivity contribution in [2.45, 2.75) is 11.3 Å². The Balaban J connectivity index is 1.77. The normalized spacial score (nSPS) is 10.8. The molecule has 0 aliphatic rings. The fourth-order valence-electron chi connectivity index (χ4n) is 1.91. The topological polar surface area (TPSA) is 34.9 Å². The van der Waals surface area contributed by atoms with Gasteiger partial charge in [0, 0.05) is 0 Å². The Kier molecular flexibility index (Phi) is 4.87. The molecule has 0 aliphatic heterocycles. The summed E-state index contributed by atoms with van der Waals surface area (Å²) in [6.07, 6.45) is 0. The number of para-hydroxylation sites is 1. The highest BCUT2D eigenvalue weighted by atomic mass is 32.2. The van der Waals surface area contributed by atoms with Crippen LogP contribution in [-0.4, -0.2) is 21.3 Å². The Bertz CT molecular complexity index is 849. The van der Waals surface area contributed by atoms with Crippen LogP contribution in [0.15, 0.2) is 46.1 Å². The Hall–Kier alpha value is -1.28. The molecule has 0 fully saturated rings. The predicted molar refractivity (Wildman–Crippen MR) is 96.4 cm³/mol. The summed E-state index contributed by atoms with van der Waals surface area (Å²) in [6, 6.07) is 11.7. The highest BCUT2D eigenvalue weighted by molar-refractivity contribution is 8.01. The van der Waals surface area contributed by atoms with E-state index in [2.05, 4.69) is 5.10 Å². The number of ketones is 1. The monoisotopic (exact) mass is 364 g/mol. The van der Waals surface area contributed by atoms with E-state index in [1.54, 1.807) is 4.68 Å². The lowest BCUT2D eigenvalue weighted by atomic mass is 10.2. The number of hydrogen-bond donors (Lipinski definition) is 0. The zero-order chi connectivity index (χ0) is 15.5. The van der Waals surface area contributed by atoms with E-state index >= 15 is 0 Å². The molecule has 3 nitrogen and oxygen atoms in total. The molecule has 0 N–H and O–H groups in total. The molecule has 0 amide bonds. The molecule has 2 heterocycles. The van der Waals surface area contributed by atoms with Gasteiger partial charge in [-0.2, -0.15) is 0 Å². The van der Waals surface area contributed by atoms with Crippen LogP contribution in [0.2, 0.25) is 0 Å². The Morgan fingerprint density at radius 3 is 2.86 bits per heavy atom. The molecule has 1 aromatic carbocycles. The molecule has 22 heavy (non-hydrogen) atoms. The minimum Gasteiger partial charge on any atom is -0.292 e. The van der Waals surface area contributed by atoms with Crippen LogP contribution in [0.3, 0.4) is 0 Å². The molecule has 0 aliphatic carbocycles. The van der Waals surface area contributed by atoms with Crippen molar-refractivity contribution >= 4 is 52.4 Å². The zero-order valence-corrected chi connectivity index (χ0v) is 15.0. The number of benzene rings is 1. The van der Waals surface area contributed by atoms with Gasteiger partial charge in [-0.05, 0) is 42.2 Å². The molecule has 0 saturated heterocycles. The first-order valence-corrected chi connectivity index (χ1v) is 9.60. The summed E-state index contributed by atoms with van der Waals surface area (Å²) in [4.78, 5) is 12.8. The fourth-order valence-corrected chi connectivity index (χ4v) is 4.89. The van der Waals surface area contributed by atoms with Crippen LogP contribution in [0, 0.1) is 10.9 Å². The second-order valence-corrected chi connectivity index (χ2v) is 8.31. The van der Waals surface area contributed by atoms with Gasteiger partial charge in [0.05, 0.1) is 16.3 Å². The third-order valence-electron chi connectivity index (χ3n) is 3.00. The number of thiophene rings is 1. The molecule has 7 heteroatoms. The lowest BCUT2D eigenvalue weighted by Crippen LogP contribution is -2.01. The summed E-state index contributed by atoms with van der Waals surface area (Å²) < 4.78 is 3.28. The van der Waals surface area contributed by atoms with Gasteiger partial charge in [0.25, 0.3) is 0 Å². The van der Waals surface area contributed by atoms with Crippen molar-refractivity contribution in [3.8, 4) is 5.69 Å². The molecule has 2 aromatic heterocycles. The van der Waals surface area contributed by atoms with E-state index in [4.69, 9.17) is 12.2 Å². The van der Waals surface area contributed by atoms with Crippen molar-refractivity contribution in [2.75, 3.05) is 5.75 Å². The second kappa shape index (κ2) is 6.87. The maximum Gasteiger partial charge on any atom is 0.184 e. The number of carbonyl (C=O) groups excluding carboxylic acids is 1. The summed E-state index contributed by atoms with van der Waals surface area (Å²) in [6.45, 7) is 2.03. The minimum absolute atomic E-state index is 0.128. The molecular weight excluding hydrogens is 352 g/mol. The van der Waals surface area contributed by atoms with Crippen LogP contribution in [-0.2, 0) is 0 Å². The molecule has 0 radical (unpaired) electrons. The van der Waals surface area contributed by atoms with Crippen molar-refractivity contribution in [2.24, 2.45) is 0 Å². The number of carbonyl (C=O) groups is 1. The minimum atomic E-state index is 0.128. The van der Waals surface area contributed by atoms with Gasteiger partial charge in [-0.3, -0.25) is 4.79 Å². The lowest BCUT2D eigenvalue weighted by molar-refractivity contribution is 0.102. The van der Waals surface area contributed by atoms with Crippen LogP contribution in [0.5, 0.6) is 0 Å². The van der Waals surface area contributed by atoms with Crippen molar-refractivity contribution < 1.29 is 4.79 Å². The molecule has 0 unspecified atom stereocenters. The van der Waals surface area contributed by atoms with Crippen molar-refractivity contribution in [3.63, 3.8) is 0 Å². The summed E-state index contributed by atoms with van der Waals surface area (Å²) in [5, 5.41) is 6.45. The van der Waals surface area contributed by atoms with Crippen molar-refractivity contribution in [1.29, 1.82) is 0 Å². The summed E-state index contributed by atoms with van der Waals surface area (Å²) in [5.41, 5.74) is 2.11. The lowest BCUT2D eigenvalue weighted by Gasteiger charge is -2.03. The molecule has 0 spiro atoms. The second-order valence-electron chi connectivity index (χ2n) is 4.52. The highest BCUT2D eigenvalue weighted by Gasteiger charge is 2.12. The van der Waals surface area contributed by atoms with Gasteiger partial charge in [-0.25, -0.2) is 4.68 Å². The highest BCUT2D eigenvalue weighted by Crippen LogP contribution is 2.26. The van der Waals surface area contributed by atoms with Gasteiger partial charge < -0.3 is 0 Å². The first-order valence-electron chi connectivity index (χ1n) is 6.51. The SMILES string of the molecule is Cc1ccccc1-n1nc(SCC(=O)c2cccs2)sc1=S. The van der Waals surface area contributed by atoms with Crippen LogP contribution in [0.25, 0.3) is 5.69 Å². The summed E-state index contributed by atoms with van der Waals surface area (Å²) in [5.74, 6) is 0.514. The molecule has 0 atom stereocenters. The number of Topliss-reactive ketones (excluding diaryl/α,β-unsaturated/α-hetero) is 1. The molecule has 3 aromatic rings. The standard InChI is InChI=1S/C15H12N2OS4/c1-10-5-2-3-6-11(10)17-15(19)22-14(16-17)21-9-12(18)13-7-4-8-20-13/h2-8H,9H2,1H3. The molecule has 3 rings (SSSR count). The average molecular weight is 365 g/mol. The van der Waals surface area contributed by atoms with Gasteiger partial charge in [0.2, 0.25) is 0 Å². The Morgan fingerprint density at radius 2 is 2.14 bits per heavy atom. The van der Waals surface area contributed by atoms with E-state index in [1.807, 2.05) is 48.7 Å². The van der Waals surface area contributed by atoms with E-state index in [-0.39, 0.29) is 5.78 Å². The van der Waals surface area contributed by atoms with Crippen LogP contribution in [0.4, 0.5) is 0 Å². The fraction of sp³-hybridized carbons (Fsp3) is 0.133. The summed E-state index contributed by atoms with van der Waals surface area (Å²) >= 11 is 9.74. The van der Waals surface area contributed by atoms with E-state index in [0.29, 0.717) is 9.71 Å². The number of nitrogens with zero attached hydrogens (tertiary/aromatic N) is 2. The Labute approximate surface area is 145 Å². The number of aryl methyl sites for hydroxylation is 1. The third-order valence-corrected chi connectivity index (χ3v) is 6.27. The first kappa shape index (κ1) is 15.6. The maximum absolute atomic E-state index is 12.0. The van der Waals surface area contributed by atoms with Crippen LogP contribution in [0.1, 0.15) is 15.2 Å². The first-order chi connectivity index (χ1) is 10.6. The van der Waals surface area contributed by atoms with E-state index in [0.717, 1.165) is 20.5 Å². The van der Waals surface area contributed by atoms with Crippen molar-refractivity contribution in [1.82, 2.24) is 9.78 Å². The summed E-state index contributed by atoms with van der Waals surface area (Å²) in [7, 11) is 0. The number of rotatable bonds is 5. The average Bonchev–Trinajstić information content (AvgIpc) is 3.15. The number of hydrogen-bond acceptors (Lipinski definition) is 6. The van der Waals surface area contributed by atoms with Gasteiger partial charge in [0.1, 0.15) is 0 Å². The van der Waals surface area contributed by atoms with Crippen LogP contribution >= 0.6 is 46.7 Å². The predicted octanol–water partition coefficient (Wildman–Crippen LogP) is 5.01. The third kappa shape index (κ3) is 3.38. The number of aromatic nitrogens is 2. The van der Waals surface area contributed by atoms with Crippen molar-refractivity contribution in [3.05, 3.63) is 56.2 Å². The Morgan fingerprint density at radius 1 is 1.32 bits per heavy atom.